The molecule has 0 unspecified atom stereocenters. The standard InChI is InChI=1S/C14H15ClFNO2/c1-14(2,3)19-13(18)17-9-5-7-10-6-4-8-11(16)12(10)15/h4,6,8H,9H2,1-3H3,(H,17,18). The van der Waals surface area contributed by atoms with Gasteiger partial charge in [-0.2, -0.15) is 0 Å². The molecule has 0 aliphatic carbocycles. The van der Waals surface area contributed by atoms with Crippen LogP contribution in [0.15, 0.2) is 18.2 Å². The minimum Gasteiger partial charge on any atom is -0.444 e. The Morgan fingerprint density at radius 3 is 2.79 bits per heavy atom. The van der Waals surface area contributed by atoms with Gasteiger partial charge in [0.2, 0.25) is 0 Å². The van der Waals surface area contributed by atoms with Gasteiger partial charge in [-0.3, -0.25) is 0 Å². The van der Waals surface area contributed by atoms with Gasteiger partial charge in [-0.1, -0.05) is 29.5 Å². The lowest BCUT2D eigenvalue weighted by atomic mass is 10.2. The van der Waals surface area contributed by atoms with Gasteiger partial charge < -0.3 is 10.1 Å². The van der Waals surface area contributed by atoms with Crippen molar-refractivity contribution < 1.29 is 13.9 Å². The largest absolute Gasteiger partial charge is 0.444 e. The molecule has 0 aliphatic heterocycles. The summed E-state index contributed by atoms with van der Waals surface area (Å²) in [5.74, 6) is 4.83. The third-order valence-corrected chi connectivity index (χ3v) is 2.28. The maximum atomic E-state index is 13.1. The zero-order valence-electron chi connectivity index (χ0n) is 11.0. The molecule has 0 radical (unpaired) electrons. The Labute approximate surface area is 117 Å². The molecule has 1 aromatic carbocycles. The highest BCUT2D eigenvalue weighted by atomic mass is 35.5. The van der Waals surface area contributed by atoms with Crippen LogP contribution in [-0.2, 0) is 4.74 Å². The highest BCUT2D eigenvalue weighted by Gasteiger charge is 2.15. The number of carbonyl (C=O) groups is 1. The fourth-order valence-corrected chi connectivity index (χ4v) is 1.34. The Morgan fingerprint density at radius 1 is 1.47 bits per heavy atom. The predicted molar refractivity (Wildman–Crippen MR) is 72.5 cm³/mol. The lowest BCUT2D eigenvalue weighted by molar-refractivity contribution is 0.0535. The van der Waals surface area contributed by atoms with Crippen LogP contribution in [0.25, 0.3) is 0 Å². The molecule has 0 spiro atoms. The molecular weight excluding hydrogens is 269 g/mol. The quantitative estimate of drug-likeness (QED) is 0.803. The molecule has 0 atom stereocenters. The zero-order chi connectivity index (χ0) is 14.5. The van der Waals surface area contributed by atoms with E-state index in [1.807, 2.05) is 0 Å². The fourth-order valence-electron chi connectivity index (χ4n) is 1.17. The highest BCUT2D eigenvalue weighted by Crippen LogP contribution is 2.18. The van der Waals surface area contributed by atoms with E-state index >= 15 is 0 Å². The molecular formula is C14H15ClFNO2. The number of halogens is 2. The summed E-state index contributed by atoms with van der Waals surface area (Å²) < 4.78 is 18.1. The topological polar surface area (TPSA) is 38.3 Å². The number of ether oxygens (including phenoxy) is 1. The van der Waals surface area contributed by atoms with Crippen LogP contribution in [-0.4, -0.2) is 18.2 Å². The molecule has 0 aromatic heterocycles. The Balaban J connectivity index is 2.53. The van der Waals surface area contributed by atoms with Gasteiger partial charge in [0.15, 0.2) is 0 Å². The number of alkyl carbamates (subject to hydrolysis) is 1. The van der Waals surface area contributed by atoms with Crippen LogP contribution in [0.3, 0.4) is 0 Å². The summed E-state index contributed by atoms with van der Waals surface area (Å²) in [6.45, 7) is 5.40. The van der Waals surface area contributed by atoms with E-state index in [1.54, 1.807) is 26.8 Å². The Morgan fingerprint density at radius 2 is 2.16 bits per heavy atom. The maximum Gasteiger partial charge on any atom is 0.408 e. The molecule has 0 heterocycles. The second-order valence-electron chi connectivity index (χ2n) is 4.76. The van der Waals surface area contributed by atoms with E-state index < -0.39 is 17.5 Å². The molecule has 5 heteroatoms. The van der Waals surface area contributed by atoms with Crippen LogP contribution >= 0.6 is 11.6 Å². The van der Waals surface area contributed by atoms with Gasteiger partial charge in [0.1, 0.15) is 11.4 Å². The fraction of sp³-hybridized carbons (Fsp3) is 0.357. The van der Waals surface area contributed by atoms with Crippen LogP contribution < -0.4 is 5.32 Å². The van der Waals surface area contributed by atoms with Gasteiger partial charge in [0.05, 0.1) is 11.6 Å². The number of amides is 1. The SMILES string of the molecule is CC(C)(C)OC(=O)NCC#Cc1cccc(F)c1Cl. The number of hydrogen-bond donors (Lipinski definition) is 1. The molecule has 102 valence electrons. The summed E-state index contributed by atoms with van der Waals surface area (Å²) >= 11 is 5.73. The Kier molecular flexibility index (Phi) is 5.20. The minimum absolute atomic E-state index is 0.0210. The molecule has 0 saturated carbocycles. The van der Waals surface area contributed by atoms with E-state index in [2.05, 4.69) is 17.2 Å². The zero-order valence-corrected chi connectivity index (χ0v) is 11.8. The summed E-state index contributed by atoms with van der Waals surface area (Å²) in [4.78, 5) is 11.3. The van der Waals surface area contributed by atoms with Gasteiger partial charge in [-0.15, -0.1) is 0 Å². The third-order valence-electron chi connectivity index (χ3n) is 1.89. The summed E-state index contributed by atoms with van der Waals surface area (Å²) in [6, 6.07) is 4.38. The van der Waals surface area contributed by atoms with Crippen molar-refractivity contribution in [1.29, 1.82) is 0 Å². The van der Waals surface area contributed by atoms with Crippen molar-refractivity contribution in [2.24, 2.45) is 0 Å². The average Bonchev–Trinajstić information content (AvgIpc) is 2.27. The van der Waals surface area contributed by atoms with Crippen molar-refractivity contribution in [1.82, 2.24) is 5.32 Å². The second kappa shape index (κ2) is 6.44. The van der Waals surface area contributed by atoms with Crippen LogP contribution in [0.2, 0.25) is 5.02 Å². The number of nitrogens with one attached hydrogen (secondary N) is 1. The molecule has 1 rings (SSSR count). The van der Waals surface area contributed by atoms with Crippen molar-refractivity contribution in [2.75, 3.05) is 6.54 Å². The summed E-state index contributed by atoms with van der Waals surface area (Å²) in [7, 11) is 0. The summed E-state index contributed by atoms with van der Waals surface area (Å²) in [5, 5.41) is 2.45. The lowest BCUT2D eigenvalue weighted by Crippen LogP contribution is -2.32. The maximum absolute atomic E-state index is 13.1. The van der Waals surface area contributed by atoms with Crippen molar-refractivity contribution in [3.8, 4) is 11.8 Å². The average molecular weight is 284 g/mol. The lowest BCUT2D eigenvalue weighted by Gasteiger charge is -2.19. The molecule has 0 fully saturated rings. The van der Waals surface area contributed by atoms with E-state index in [4.69, 9.17) is 16.3 Å². The van der Waals surface area contributed by atoms with Crippen molar-refractivity contribution in [2.45, 2.75) is 26.4 Å². The number of rotatable bonds is 1. The first-order valence-corrected chi connectivity index (χ1v) is 6.07. The summed E-state index contributed by atoms with van der Waals surface area (Å²) in [6.07, 6.45) is -0.549. The van der Waals surface area contributed by atoms with Crippen LogP contribution in [0.4, 0.5) is 9.18 Å². The second-order valence-corrected chi connectivity index (χ2v) is 5.14. The third kappa shape index (κ3) is 5.62. The molecule has 19 heavy (non-hydrogen) atoms. The van der Waals surface area contributed by atoms with E-state index in [-0.39, 0.29) is 11.6 Å². The van der Waals surface area contributed by atoms with E-state index in [0.29, 0.717) is 5.56 Å². The first-order valence-electron chi connectivity index (χ1n) is 5.69. The van der Waals surface area contributed by atoms with E-state index in [9.17, 15) is 9.18 Å². The van der Waals surface area contributed by atoms with Crippen molar-refractivity contribution in [3.63, 3.8) is 0 Å². The van der Waals surface area contributed by atoms with Crippen molar-refractivity contribution >= 4 is 17.7 Å². The molecule has 1 N–H and O–H groups in total. The van der Waals surface area contributed by atoms with Gasteiger partial charge in [0.25, 0.3) is 0 Å². The Hall–Kier alpha value is -1.73. The minimum atomic E-state index is -0.552. The first kappa shape index (κ1) is 15.3. The number of hydrogen-bond acceptors (Lipinski definition) is 2. The monoisotopic (exact) mass is 283 g/mol. The molecule has 3 nitrogen and oxygen atoms in total. The van der Waals surface area contributed by atoms with Gasteiger partial charge >= 0.3 is 6.09 Å². The molecule has 0 aliphatic rings. The van der Waals surface area contributed by atoms with E-state index in [0.717, 1.165) is 0 Å². The molecule has 0 bridgehead atoms. The summed E-state index contributed by atoms with van der Waals surface area (Å²) in [5.41, 5.74) is -0.170. The van der Waals surface area contributed by atoms with Crippen LogP contribution in [0.1, 0.15) is 26.3 Å². The van der Waals surface area contributed by atoms with Crippen LogP contribution in [0.5, 0.6) is 0 Å². The number of benzene rings is 1. The predicted octanol–water partition coefficient (Wildman–Crippen LogP) is 3.36. The van der Waals surface area contributed by atoms with Gasteiger partial charge in [-0.05, 0) is 32.9 Å². The molecule has 0 saturated heterocycles. The normalized spacial score (nSPS) is 10.4. The number of carbonyl (C=O) groups excluding carboxylic acids is 1. The van der Waals surface area contributed by atoms with E-state index in [1.165, 1.54) is 12.1 Å². The molecule has 1 amide bonds. The van der Waals surface area contributed by atoms with Crippen LogP contribution in [0, 0.1) is 17.7 Å². The highest BCUT2D eigenvalue weighted by molar-refractivity contribution is 6.31. The van der Waals surface area contributed by atoms with Crippen molar-refractivity contribution in [3.05, 3.63) is 34.6 Å². The van der Waals surface area contributed by atoms with Gasteiger partial charge in [-0.25, -0.2) is 9.18 Å². The molecule has 1 aromatic rings. The Bertz CT molecular complexity index is 526. The smallest absolute Gasteiger partial charge is 0.408 e. The first-order chi connectivity index (χ1) is 8.79. The van der Waals surface area contributed by atoms with Gasteiger partial charge in [0, 0.05) is 5.56 Å².